The van der Waals surface area contributed by atoms with E-state index in [4.69, 9.17) is 0 Å². The highest BCUT2D eigenvalue weighted by atomic mass is 32.3. The second-order valence-electron chi connectivity index (χ2n) is 3.66. The van der Waals surface area contributed by atoms with Gasteiger partial charge >= 0.3 is 10.2 Å². The molecule has 1 N–H and O–H groups in total. The zero-order valence-electron chi connectivity index (χ0n) is 9.76. The molecule has 0 saturated carbocycles. The molecule has 0 aromatic heterocycles. The maximum atomic E-state index is 12.8. The number of rotatable bonds is 6. The van der Waals surface area contributed by atoms with Crippen LogP contribution >= 0.6 is 0 Å². The fourth-order valence-electron chi connectivity index (χ4n) is 1.26. The molecule has 0 bridgehead atoms. The Kier molecular flexibility index (Phi) is 4.83. The first-order valence-electron chi connectivity index (χ1n) is 5.32. The first kappa shape index (κ1) is 15.1. The highest BCUT2D eigenvalue weighted by molar-refractivity contribution is 7.89. The van der Waals surface area contributed by atoms with Crippen LogP contribution in [0.4, 0.5) is 3.89 Å². The van der Waals surface area contributed by atoms with Crippen LogP contribution in [0.1, 0.15) is 19.8 Å². The number of benzene rings is 1. The summed E-state index contributed by atoms with van der Waals surface area (Å²) in [5.74, 6) is 0. The molecule has 1 rings (SSSR count). The van der Waals surface area contributed by atoms with Crippen molar-refractivity contribution in [2.24, 2.45) is 0 Å². The fourth-order valence-corrected chi connectivity index (χ4v) is 2.96. The van der Waals surface area contributed by atoms with Crippen LogP contribution in [-0.2, 0) is 20.2 Å². The Bertz CT molecular complexity index is 611. The second kappa shape index (κ2) is 5.77. The van der Waals surface area contributed by atoms with Crippen LogP contribution in [0.2, 0.25) is 0 Å². The largest absolute Gasteiger partial charge is 0.332 e. The van der Waals surface area contributed by atoms with E-state index in [2.05, 4.69) is 4.72 Å². The van der Waals surface area contributed by atoms with Crippen molar-refractivity contribution in [3.63, 3.8) is 0 Å². The monoisotopic (exact) mass is 295 g/mol. The van der Waals surface area contributed by atoms with Crippen molar-refractivity contribution in [2.45, 2.75) is 29.6 Å². The van der Waals surface area contributed by atoms with Crippen molar-refractivity contribution < 1.29 is 20.7 Å². The molecule has 0 aliphatic rings. The molecule has 1 aromatic rings. The summed E-state index contributed by atoms with van der Waals surface area (Å²) in [7, 11) is -8.70. The summed E-state index contributed by atoms with van der Waals surface area (Å²) in [5, 5.41) is 0. The lowest BCUT2D eigenvalue weighted by Gasteiger charge is -2.06. The standard InChI is InChI=1S/C10H14FNO4S2/c1-2-3-7-12-18(15,16)10-6-4-5-9(8-10)17(11,13)14/h4-6,8,12H,2-3,7H2,1H3. The van der Waals surface area contributed by atoms with Gasteiger partial charge < -0.3 is 0 Å². The summed E-state index contributed by atoms with van der Waals surface area (Å²) in [6, 6.07) is 4.19. The maximum Gasteiger partial charge on any atom is 0.332 e. The molecule has 0 spiro atoms. The Hall–Kier alpha value is -0.990. The van der Waals surface area contributed by atoms with Gasteiger partial charge in [-0.3, -0.25) is 0 Å². The summed E-state index contributed by atoms with van der Waals surface area (Å²) in [5.41, 5.74) is 0. The molecule has 0 atom stereocenters. The van der Waals surface area contributed by atoms with Crippen LogP contribution in [0, 0.1) is 0 Å². The number of hydrogen-bond donors (Lipinski definition) is 1. The topological polar surface area (TPSA) is 80.3 Å². The third-order valence-corrected chi connectivity index (χ3v) is 4.50. The lowest BCUT2D eigenvalue weighted by molar-refractivity contribution is 0.551. The highest BCUT2D eigenvalue weighted by Crippen LogP contribution is 2.17. The lowest BCUT2D eigenvalue weighted by atomic mass is 10.3. The average Bonchev–Trinajstić information content (AvgIpc) is 2.28. The van der Waals surface area contributed by atoms with Gasteiger partial charge in [0, 0.05) is 6.54 Å². The highest BCUT2D eigenvalue weighted by Gasteiger charge is 2.18. The summed E-state index contributed by atoms with van der Waals surface area (Å²) >= 11 is 0. The second-order valence-corrected chi connectivity index (χ2v) is 6.78. The van der Waals surface area contributed by atoms with Crippen LogP contribution < -0.4 is 4.72 Å². The van der Waals surface area contributed by atoms with Gasteiger partial charge in [-0.2, -0.15) is 8.42 Å². The van der Waals surface area contributed by atoms with Gasteiger partial charge in [0.15, 0.2) is 0 Å². The predicted molar refractivity (Wildman–Crippen MR) is 64.8 cm³/mol. The van der Waals surface area contributed by atoms with Crippen LogP contribution in [0.15, 0.2) is 34.1 Å². The first-order chi connectivity index (χ1) is 8.27. The summed E-state index contributed by atoms with van der Waals surface area (Å²) in [4.78, 5) is -0.932. The SMILES string of the molecule is CCCCNS(=O)(=O)c1cccc(S(=O)(=O)F)c1. The summed E-state index contributed by atoms with van der Waals surface area (Å²) in [6.45, 7) is 2.16. The number of nitrogens with one attached hydrogen (secondary N) is 1. The molecule has 0 aliphatic heterocycles. The number of unbranched alkanes of at least 4 members (excludes halogenated alkanes) is 1. The molecule has 0 radical (unpaired) electrons. The van der Waals surface area contributed by atoms with E-state index in [0.29, 0.717) is 6.42 Å². The Morgan fingerprint density at radius 2 is 1.78 bits per heavy atom. The van der Waals surface area contributed by atoms with Gasteiger partial charge in [-0.1, -0.05) is 19.4 Å². The molecule has 0 aliphatic carbocycles. The van der Waals surface area contributed by atoms with Gasteiger partial charge in [-0.15, -0.1) is 3.89 Å². The summed E-state index contributed by atoms with van der Waals surface area (Å²) < 4.78 is 60.0. The molecule has 1 aromatic carbocycles. The summed E-state index contributed by atoms with van der Waals surface area (Å²) in [6.07, 6.45) is 1.49. The van der Waals surface area contributed by atoms with Crippen molar-refractivity contribution in [2.75, 3.05) is 6.54 Å². The van der Waals surface area contributed by atoms with E-state index >= 15 is 0 Å². The van der Waals surface area contributed by atoms with Crippen LogP contribution in [0.5, 0.6) is 0 Å². The molecule has 5 nitrogen and oxygen atoms in total. The van der Waals surface area contributed by atoms with Gasteiger partial charge in [0.1, 0.15) is 0 Å². The molecule has 18 heavy (non-hydrogen) atoms. The smallest absolute Gasteiger partial charge is 0.211 e. The Morgan fingerprint density at radius 3 is 2.33 bits per heavy atom. The van der Waals surface area contributed by atoms with Gasteiger partial charge in [0.2, 0.25) is 10.0 Å². The number of halogens is 1. The van der Waals surface area contributed by atoms with E-state index in [9.17, 15) is 20.7 Å². The normalized spacial score (nSPS) is 12.6. The van der Waals surface area contributed by atoms with Gasteiger partial charge in [0.05, 0.1) is 9.79 Å². The fraction of sp³-hybridized carbons (Fsp3) is 0.400. The van der Waals surface area contributed by atoms with Crippen LogP contribution in [0.25, 0.3) is 0 Å². The minimum absolute atomic E-state index is 0.255. The molecule has 0 amide bonds. The molecule has 0 heterocycles. The van der Waals surface area contributed by atoms with E-state index in [0.717, 1.165) is 18.6 Å². The third-order valence-electron chi connectivity index (χ3n) is 2.22. The van der Waals surface area contributed by atoms with Gasteiger partial charge in [-0.25, -0.2) is 13.1 Å². The van der Waals surface area contributed by atoms with E-state index in [-0.39, 0.29) is 11.4 Å². The Morgan fingerprint density at radius 1 is 1.17 bits per heavy atom. The Labute approximate surface area is 106 Å². The molecular weight excluding hydrogens is 281 g/mol. The van der Waals surface area contributed by atoms with E-state index in [1.807, 2.05) is 6.92 Å². The van der Waals surface area contributed by atoms with Gasteiger partial charge in [-0.05, 0) is 24.6 Å². The molecule has 8 heteroatoms. The number of sulfonamides is 1. The van der Waals surface area contributed by atoms with E-state index in [1.54, 1.807) is 0 Å². The Balaban J connectivity index is 3.03. The predicted octanol–water partition coefficient (Wildman–Crippen LogP) is 1.42. The van der Waals surface area contributed by atoms with Crippen LogP contribution in [0.3, 0.4) is 0 Å². The van der Waals surface area contributed by atoms with Gasteiger partial charge in [0.25, 0.3) is 0 Å². The molecule has 0 unspecified atom stereocenters. The minimum atomic E-state index is -4.90. The zero-order valence-corrected chi connectivity index (χ0v) is 11.4. The maximum absolute atomic E-state index is 12.8. The van der Waals surface area contributed by atoms with Crippen molar-refractivity contribution in [1.29, 1.82) is 0 Å². The average molecular weight is 295 g/mol. The van der Waals surface area contributed by atoms with Crippen molar-refractivity contribution >= 4 is 20.2 Å². The van der Waals surface area contributed by atoms with Crippen molar-refractivity contribution in [3.8, 4) is 0 Å². The van der Waals surface area contributed by atoms with E-state index in [1.165, 1.54) is 12.1 Å². The third kappa shape index (κ3) is 4.04. The lowest BCUT2D eigenvalue weighted by Crippen LogP contribution is -2.24. The van der Waals surface area contributed by atoms with Crippen LogP contribution in [-0.4, -0.2) is 23.4 Å². The quantitative estimate of drug-likeness (QED) is 0.636. The van der Waals surface area contributed by atoms with Crippen molar-refractivity contribution in [3.05, 3.63) is 24.3 Å². The first-order valence-corrected chi connectivity index (χ1v) is 8.18. The molecule has 102 valence electrons. The minimum Gasteiger partial charge on any atom is -0.211 e. The number of hydrogen-bond acceptors (Lipinski definition) is 4. The van der Waals surface area contributed by atoms with E-state index < -0.39 is 25.1 Å². The molecular formula is C10H14FNO4S2. The van der Waals surface area contributed by atoms with Crippen molar-refractivity contribution in [1.82, 2.24) is 4.72 Å². The molecule has 0 saturated heterocycles. The zero-order chi connectivity index (χ0) is 13.8. The molecule has 0 fully saturated rings.